The van der Waals surface area contributed by atoms with Crippen LogP contribution in [0.3, 0.4) is 0 Å². The van der Waals surface area contributed by atoms with E-state index in [1.807, 2.05) is 6.92 Å². The molecule has 102 valence electrons. The Bertz CT molecular complexity index is 357. The minimum atomic E-state index is -0.836. The molecular weight excluding hydrogens is 234 g/mol. The Hall–Kier alpha value is -1.10. The lowest BCUT2D eigenvalue weighted by molar-refractivity contribution is -0.149. The van der Waals surface area contributed by atoms with E-state index in [-0.39, 0.29) is 17.9 Å². The summed E-state index contributed by atoms with van der Waals surface area (Å²) in [5, 5.41) is 12.2. The van der Waals surface area contributed by atoms with Crippen LogP contribution in [-0.4, -0.2) is 35.7 Å². The number of nitrogens with one attached hydrogen (secondary N) is 1. The molecule has 1 saturated carbocycles. The first-order chi connectivity index (χ1) is 8.45. The molecule has 2 fully saturated rings. The molecule has 5 heteroatoms. The highest BCUT2D eigenvalue weighted by Crippen LogP contribution is 2.38. The highest BCUT2D eigenvalue weighted by atomic mass is 16.5. The first-order valence-corrected chi connectivity index (χ1v) is 6.60. The van der Waals surface area contributed by atoms with Gasteiger partial charge >= 0.3 is 5.97 Å². The second kappa shape index (κ2) is 4.88. The van der Waals surface area contributed by atoms with Crippen molar-refractivity contribution in [2.24, 2.45) is 11.3 Å². The lowest BCUT2D eigenvalue weighted by atomic mass is 9.84. The number of aliphatic carboxylic acids is 1. The third kappa shape index (κ3) is 2.23. The van der Waals surface area contributed by atoms with Gasteiger partial charge in [0, 0.05) is 12.6 Å². The Morgan fingerprint density at radius 1 is 1.39 bits per heavy atom. The van der Waals surface area contributed by atoms with Gasteiger partial charge in [0.1, 0.15) is 6.10 Å². The van der Waals surface area contributed by atoms with Crippen molar-refractivity contribution in [2.45, 2.75) is 51.7 Å². The number of carbonyl (C=O) groups excluding carboxylic acids is 1. The summed E-state index contributed by atoms with van der Waals surface area (Å²) in [6.45, 7) is 4.31. The summed E-state index contributed by atoms with van der Waals surface area (Å²) in [5.41, 5.74) is -0.836. The molecule has 1 saturated heterocycles. The number of carbonyl (C=O) groups is 2. The van der Waals surface area contributed by atoms with Crippen LogP contribution in [0.15, 0.2) is 0 Å². The lowest BCUT2D eigenvalue weighted by Gasteiger charge is -2.29. The topological polar surface area (TPSA) is 75.6 Å². The monoisotopic (exact) mass is 255 g/mol. The minimum Gasteiger partial charge on any atom is -0.481 e. The SMILES string of the molecule is CC1CCOC1C(=O)NC1CCCC1(C)C(=O)O. The predicted molar refractivity (Wildman–Crippen MR) is 65.0 cm³/mol. The Morgan fingerprint density at radius 3 is 2.67 bits per heavy atom. The van der Waals surface area contributed by atoms with Gasteiger partial charge in [0.25, 0.3) is 0 Å². The molecular formula is C13H21NO4. The number of hydrogen-bond acceptors (Lipinski definition) is 3. The fourth-order valence-corrected chi connectivity index (χ4v) is 2.94. The summed E-state index contributed by atoms with van der Waals surface area (Å²) in [4.78, 5) is 23.4. The molecule has 0 aromatic heterocycles. The van der Waals surface area contributed by atoms with Crippen molar-refractivity contribution >= 4 is 11.9 Å². The maximum absolute atomic E-state index is 12.1. The Labute approximate surface area is 107 Å². The van der Waals surface area contributed by atoms with Gasteiger partial charge in [-0.05, 0) is 32.1 Å². The van der Waals surface area contributed by atoms with E-state index in [9.17, 15) is 14.7 Å². The van der Waals surface area contributed by atoms with Crippen LogP contribution in [0.25, 0.3) is 0 Å². The number of hydrogen-bond donors (Lipinski definition) is 2. The largest absolute Gasteiger partial charge is 0.481 e. The highest BCUT2D eigenvalue weighted by molar-refractivity contribution is 5.83. The zero-order chi connectivity index (χ0) is 13.3. The molecule has 18 heavy (non-hydrogen) atoms. The molecule has 1 amide bonds. The standard InChI is InChI=1S/C13H21NO4/c1-8-5-7-18-10(8)11(15)14-9-4-3-6-13(9,2)12(16)17/h8-10H,3-7H2,1-2H3,(H,14,15)(H,16,17). The molecule has 4 atom stereocenters. The molecule has 0 aromatic rings. The molecule has 1 heterocycles. The van der Waals surface area contributed by atoms with Gasteiger partial charge in [0.05, 0.1) is 5.41 Å². The molecule has 2 rings (SSSR count). The molecule has 0 radical (unpaired) electrons. The van der Waals surface area contributed by atoms with E-state index >= 15 is 0 Å². The van der Waals surface area contributed by atoms with Gasteiger partial charge in [-0.25, -0.2) is 0 Å². The van der Waals surface area contributed by atoms with Crippen molar-refractivity contribution < 1.29 is 19.4 Å². The summed E-state index contributed by atoms with van der Waals surface area (Å²) in [7, 11) is 0. The van der Waals surface area contributed by atoms with Crippen LogP contribution in [0.5, 0.6) is 0 Å². The number of carboxylic acids is 1. The number of rotatable bonds is 3. The van der Waals surface area contributed by atoms with E-state index in [1.165, 1.54) is 0 Å². The number of carboxylic acid groups (broad SMARTS) is 1. The fourth-order valence-electron chi connectivity index (χ4n) is 2.94. The van der Waals surface area contributed by atoms with Crippen LogP contribution in [0.1, 0.15) is 39.5 Å². The maximum Gasteiger partial charge on any atom is 0.311 e. The van der Waals surface area contributed by atoms with Gasteiger partial charge in [-0.15, -0.1) is 0 Å². The van der Waals surface area contributed by atoms with Crippen molar-refractivity contribution in [3.8, 4) is 0 Å². The van der Waals surface area contributed by atoms with Gasteiger partial charge in [-0.2, -0.15) is 0 Å². The maximum atomic E-state index is 12.1. The highest BCUT2D eigenvalue weighted by Gasteiger charge is 2.47. The average Bonchev–Trinajstić information content (AvgIpc) is 2.87. The molecule has 2 aliphatic rings. The second-order valence-electron chi connectivity index (χ2n) is 5.73. The molecule has 4 unspecified atom stereocenters. The molecule has 0 aromatic carbocycles. The van der Waals surface area contributed by atoms with E-state index in [1.54, 1.807) is 6.92 Å². The van der Waals surface area contributed by atoms with Gasteiger partial charge < -0.3 is 15.2 Å². The van der Waals surface area contributed by atoms with Crippen LogP contribution in [0.2, 0.25) is 0 Å². The van der Waals surface area contributed by atoms with Crippen LogP contribution < -0.4 is 5.32 Å². The predicted octanol–water partition coefficient (Wildman–Crippen LogP) is 1.17. The van der Waals surface area contributed by atoms with Crippen molar-refractivity contribution in [2.75, 3.05) is 6.61 Å². The van der Waals surface area contributed by atoms with E-state index in [4.69, 9.17) is 4.74 Å². The summed E-state index contributed by atoms with van der Waals surface area (Å²) in [6, 6.07) is -0.279. The molecule has 5 nitrogen and oxygen atoms in total. The van der Waals surface area contributed by atoms with Crippen LogP contribution in [0, 0.1) is 11.3 Å². The van der Waals surface area contributed by atoms with Crippen molar-refractivity contribution in [1.29, 1.82) is 0 Å². The molecule has 2 N–H and O–H groups in total. The third-order valence-corrected chi connectivity index (χ3v) is 4.41. The zero-order valence-corrected chi connectivity index (χ0v) is 10.9. The average molecular weight is 255 g/mol. The Balaban J connectivity index is 2.00. The normalized spacial score (nSPS) is 39.8. The zero-order valence-electron chi connectivity index (χ0n) is 10.9. The summed E-state index contributed by atoms with van der Waals surface area (Å²) >= 11 is 0. The van der Waals surface area contributed by atoms with Crippen molar-refractivity contribution in [3.63, 3.8) is 0 Å². The fraction of sp³-hybridized carbons (Fsp3) is 0.846. The van der Waals surface area contributed by atoms with Crippen LogP contribution in [0.4, 0.5) is 0 Å². The van der Waals surface area contributed by atoms with E-state index in [0.717, 1.165) is 19.3 Å². The molecule has 0 bridgehead atoms. The minimum absolute atomic E-state index is 0.153. The second-order valence-corrected chi connectivity index (χ2v) is 5.73. The van der Waals surface area contributed by atoms with Crippen molar-refractivity contribution in [3.05, 3.63) is 0 Å². The first kappa shape index (κ1) is 13.3. The molecule has 0 spiro atoms. The van der Waals surface area contributed by atoms with Crippen LogP contribution in [-0.2, 0) is 14.3 Å². The summed E-state index contributed by atoms with van der Waals surface area (Å²) < 4.78 is 5.41. The van der Waals surface area contributed by atoms with Crippen molar-refractivity contribution in [1.82, 2.24) is 5.32 Å². The van der Waals surface area contributed by atoms with Gasteiger partial charge in [-0.1, -0.05) is 13.3 Å². The Kier molecular flexibility index (Phi) is 3.61. The van der Waals surface area contributed by atoms with Gasteiger partial charge in [-0.3, -0.25) is 9.59 Å². The smallest absolute Gasteiger partial charge is 0.311 e. The summed E-state index contributed by atoms with van der Waals surface area (Å²) in [5.74, 6) is -0.771. The van der Waals surface area contributed by atoms with E-state index in [2.05, 4.69) is 5.32 Å². The van der Waals surface area contributed by atoms with Crippen LogP contribution >= 0.6 is 0 Å². The van der Waals surface area contributed by atoms with Gasteiger partial charge in [0.15, 0.2) is 0 Å². The third-order valence-electron chi connectivity index (χ3n) is 4.41. The Morgan fingerprint density at radius 2 is 2.11 bits per heavy atom. The summed E-state index contributed by atoms with van der Waals surface area (Å²) in [6.07, 6.45) is 2.67. The molecule has 1 aliphatic carbocycles. The first-order valence-electron chi connectivity index (χ1n) is 6.60. The number of amides is 1. The van der Waals surface area contributed by atoms with E-state index < -0.39 is 17.5 Å². The number of ether oxygens (including phenoxy) is 1. The lowest BCUT2D eigenvalue weighted by Crippen LogP contribution is -2.50. The van der Waals surface area contributed by atoms with E-state index in [0.29, 0.717) is 13.0 Å². The molecule has 1 aliphatic heterocycles. The van der Waals surface area contributed by atoms with Gasteiger partial charge in [0.2, 0.25) is 5.91 Å². The quantitative estimate of drug-likeness (QED) is 0.793.